The number of hydrogen-bond acceptors (Lipinski definition) is 4. The smallest absolute Gasteiger partial charge is 0.328 e. The zero-order valence-electron chi connectivity index (χ0n) is 8.65. The van der Waals surface area contributed by atoms with Gasteiger partial charge in [0.05, 0.1) is 7.11 Å². The Labute approximate surface area is 83.1 Å². The maximum Gasteiger partial charge on any atom is 0.328 e. The quantitative estimate of drug-likeness (QED) is 0.725. The lowest BCUT2D eigenvalue weighted by atomic mass is 10.2. The van der Waals surface area contributed by atoms with E-state index in [9.17, 15) is 4.79 Å². The minimum absolute atomic E-state index is 0.266. The van der Waals surface area contributed by atoms with Crippen molar-refractivity contribution >= 4 is 11.8 Å². The summed E-state index contributed by atoms with van der Waals surface area (Å²) in [5.74, 6) is 0.419. The number of nitrogens with one attached hydrogen (secondary N) is 1. The highest BCUT2D eigenvalue weighted by Crippen LogP contribution is 2.06. The van der Waals surface area contributed by atoms with Crippen LogP contribution in [0.25, 0.3) is 0 Å². The van der Waals surface area contributed by atoms with Crippen LogP contribution in [0.4, 0.5) is 5.82 Å². The highest BCUT2D eigenvalue weighted by molar-refractivity contribution is 5.78. The first-order valence-electron chi connectivity index (χ1n) is 4.51. The van der Waals surface area contributed by atoms with E-state index in [-0.39, 0.29) is 12.0 Å². The van der Waals surface area contributed by atoms with Crippen LogP contribution in [0, 0.1) is 0 Å². The van der Waals surface area contributed by atoms with Crippen LogP contribution >= 0.6 is 0 Å². The summed E-state index contributed by atoms with van der Waals surface area (Å²) < 4.78 is 6.32. The van der Waals surface area contributed by atoms with Crippen molar-refractivity contribution in [1.29, 1.82) is 0 Å². The van der Waals surface area contributed by atoms with Gasteiger partial charge < -0.3 is 10.1 Å². The molecule has 0 aliphatic carbocycles. The molecule has 0 aliphatic rings. The fourth-order valence-corrected chi connectivity index (χ4v) is 1.14. The largest absolute Gasteiger partial charge is 0.467 e. The molecule has 1 heterocycles. The molecule has 0 bridgehead atoms. The Morgan fingerprint density at radius 2 is 2.50 bits per heavy atom. The van der Waals surface area contributed by atoms with Crippen molar-refractivity contribution < 1.29 is 9.53 Å². The monoisotopic (exact) mass is 197 g/mol. The number of esters is 1. The average molecular weight is 197 g/mol. The number of nitrogens with zero attached hydrogens (tertiary/aromatic N) is 2. The Hall–Kier alpha value is -1.52. The Balaban J connectivity index is 2.61. The predicted molar refractivity (Wildman–Crippen MR) is 52.9 cm³/mol. The zero-order valence-corrected chi connectivity index (χ0v) is 8.65. The van der Waals surface area contributed by atoms with Gasteiger partial charge in [-0.25, -0.2) is 4.79 Å². The van der Waals surface area contributed by atoms with Crippen molar-refractivity contribution in [1.82, 2.24) is 9.78 Å². The second-order valence-corrected chi connectivity index (χ2v) is 3.00. The van der Waals surface area contributed by atoms with E-state index in [1.807, 2.05) is 26.2 Å². The summed E-state index contributed by atoms with van der Waals surface area (Å²) in [5, 5.41) is 7.11. The highest BCUT2D eigenvalue weighted by Gasteiger charge is 2.16. The lowest BCUT2D eigenvalue weighted by Gasteiger charge is -2.13. The summed E-state index contributed by atoms with van der Waals surface area (Å²) in [5.41, 5.74) is 0. The molecule has 1 aromatic rings. The first kappa shape index (κ1) is 10.6. The number of carbonyl (C=O) groups excluding carboxylic acids is 1. The van der Waals surface area contributed by atoms with E-state index in [2.05, 4.69) is 15.2 Å². The molecule has 1 aromatic heterocycles. The van der Waals surface area contributed by atoms with E-state index in [0.717, 1.165) is 0 Å². The minimum atomic E-state index is -0.324. The number of ether oxygens (including phenoxy) is 1. The predicted octanol–water partition coefficient (Wildman–Crippen LogP) is 0.784. The summed E-state index contributed by atoms with van der Waals surface area (Å²) in [4.78, 5) is 11.2. The number of rotatable bonds is 4. The number of methoxy groups -OCH3 is 1. The van der Waals surface area contributed by atoms with Crippen molar-refractivity contribution in [3.8, 4) is 0 Å². The topological polar surface area (TPSA) is 56.2 Å². The van der Waals surface area contributed by atoms with Gasteiger partial charge in [0.25, 0.3) is 0 Å². The van der Waals surface area contributed by atoms with Crippen LogP contribution in [0.3, 0.4) is 0 Å². The molecule has 0 fully saturated rings. The van der Waals surface area contributed by atoms with E-state index in [4.69, 9.17) is 0 Å². The molecule has 0 saturated heterocycles. The zero-order chi connectivity index (χ0) is 10.6. The molecular formula is C9H15N3O2. The Morgan fingerprint density at radius 1 is 1.79 bits per heavy atom. The van der Waals surface area contributed by atoms with Crippen molar-refractivity contribution in [2.45, 2.75) is 19.4 Å². The number of hydrogen-bond donors (Lipinski definition) is 1. The van der Waals surface area contributed by atoms with E-state index in [0.29, 0.717) is 12.2 Å². The summed E-state index contributed by atoms with van der Waals surface area (Å²) in [7, 11) is 3.20. The van der Waals surface area contributed by atoms with Gasteiger partial charge in [-0.05, 0) is 6.42 Å². The molecule has 0 radical (unpaired) electrons. The van der Waals surface area contributed by atoms with Crippen LogP contribution in [0.15, 0.2) is 12.3 Å². The third kappa shape index (κ3) is 2.48. The number of aromatic nitrogens is 2. The standard InChI is InChI=1S/C9H15N3O2/c1-4-7(9(13)14-3)10-8-5-6-12(2)11-8/h5-7H,4H2,1-3H3,(H,10,11). The molecule has 0 amide bonds. The van der Waals surface area contributed by atoms with Crippen LogP contribution in [0.5, 0.6) is 0 Å². The molecule has 1 unspecified atom stereocenters. The van der Waals surface area contributed by atoms with E-state index in [1.165, 1.54) is 7.11 Å². The molecule has 14 heavy (non-hydrogen) atoms. The van der Waals surface area contributed by atoms with Crippen LogP contribution < -0.4 is 5.32 Å². The SMILES string of the molecule is CCC(Nc1ccn(C)n1)C(=O)OC. The van der Waals surface area contributed by atoms with E-state index >= 15 is 0 Å². The fraction of sp³-hybridized carbons (Fsp3) is 0.556. The Kier molecular flexibility index (Phi) is 3.50. The molecule has 0 saturated carbocycles. The number of aryl methyl sites for hydroxylation is 1. The van der Waals surface area contributed by atoms with E-state index in [1.54, 1.807) is 4.68 Å². The van der Waals surface area contributed by atoms with Gasteiger partial charge in [0.1, 0.15) is 11.9 Å². The van der Waals surface area contributed by atoms with Gasteiger partial charge >= 0.3 is 5.97 Å². The van der Waals surface area contributed by atoms with Gasteiger partial charge in [0.2, 0.25) is 0 Å². The molecule has 78 valence electrons. The lowest BCUT2D eigenvalue weighted by molar-refractivity contribution is -0.141. The molecule has 0 aromatic carbocycles. The summed E-state index contributed by atoms with van der Waals surface area (Å²) in [6.45, 7) is 1.91. The van der Waals surface area contributed by atoms with Crippen LogP contribution in [-0.2, 0) is 16.6 Å². The average Bonchev–Trinajstić information content (AvgIpc) is 2.59. The highest BCUT2D eigenvalue weighted by atomic mass is 16.5. The van der Waals surface area contributed by atoms with Crippen LogP contribution in [-0.4, -0.2) is 28.9 Å². The van der Waals surface area contributed by atoms with Crippen LogP contribution in [0.1, 0.15) is 13.3 Å². The van der Waals surface area contributed by atoms with Crippen molar-refractivity contribution in [3.05, 3.63) is 12.3 Å². The first-order chi connectivity index (χ1) is 6.67. The second kappa shape index (κ2) is 4.64. The second-order valence-electron chi connectivity index (χ2n) is 3.00. The molecule has 0 spiro atoms. The summed E-state index contributed by atoms with van der Waals surface area (Å²) in [6.07, 6.45) is 2.48. The van der Waals surface area contributed by atoms with Gasteiger partial charge in [0, 0.05) is 19.3 Å². The van der Waals surface area contributed by atoms with Gasteiger partial charge in [-0.2, -0.15) is 5.10 Å². The Morgan fingerprint density at radius 3 is 2.93 bits per heavy atom. The fourth-order valence-electron chi connectivity index (χ4n) is 1.14. The normalized spacial score (nSPS) is 12.2. The lowest BCUT2D eigenvalue weighted by Crippen LogP contribution is -2.30. The molecular weight excluding hydrogens is 182 g/mol. The van der Waals surface area contributed by atoms with Gasteiger partial charge in [-0.3, -0.25) is 4.68 Å². The third-order valence-electron chi connectivity index (χ3n) is 1.93. The van der Waals surface area contributed by atoms with Crippen molar-refractivity contribution in [2.24, 2.45) is 7.05 Å². The Bertz CT molecular complexity index is 309. The molecule has 1 N–H and O–H groups in total. The number of anilines is 1. The maximum absolute atomic E-state index is 11.2. The third-order valence-corrected chi connectivity index (χ3v) is 1.93. The van der Waals surface area contributed by atoms with Crippen molar-refractivity contribution in [2.75, 3.05) is 12.4 Å². The van der Waals surface area contributed by atoms with Gasteiger partial charge in [-0.15, -0.1) is 0 Å². The maximum atomic E-state index is 11.2. The molecule has 0 aliphatic heterocycles. The molecule has 5 heteroatoms. The first-order valence-corrected chi connectivity index (χ1v) is 4.51. The van der Waals surface area contributed by atoms with Crippen molar-refractivity contribution in [3.63, 3.8) is 0 Å². The van der Waals surface area contributed by atoms with E-state index < -0.39 is 0 Å². The molecule has 1 rings (SSSR count). The summed E-state index contributed by atoms with van der Waals surface area (Å²) >= 11 is 0. The number of carbonyl (C=O) groups is 1. The van der Waals surface area contributed by atoms with Gasteiger partial charge in [-0.1, -0.05) is 6.92 Å². The summed E-state index contributed by atoms with van der Waals surface area (Å²) in [6, 6.07) is 1.49. The molecule has 1 atom stereocenters. The van der Waals surface area contributed by atoms with Gasteiger partial charge in [0.15, 0.2) is 0 Å². The van der Waals surface area contributed by atoms with Crippen LogP contribution in [0.2, 0.25) is 0 Å². The molecule has 5 nitrogen and oxygen atoms in total. The minimum Gasteiger partial charge on any atom is -0.467 e.